The van der Waals surface area contributed by atoms with Crippen molar-refractivity contribution in [1.82, 2.24) is 14.9 Å². The van der Waals surface area contributed by atoms with Gasteiger partial charge in [-0.25, -0.2) is 9.97 Å². The van der Waals surface area contributed by atoms with Crippen molar-refractivity contribution in [3.8, 4) is 0 Å². The average molecular weight is 436 g/mol. The fourth-order valence-electron chi connectivity index (χ4n) is 4.57. The molecule has 1 aromatic carbocycles. The molecule has 170 valence electrons. The number of piperazine rings is 1. The molecule has 0 radical (unpaired) electrons. The molecule has 0 amide bonds. The number of rotatable bonds is 6. The molecule has 3 heterocycles. The summed E-state index contributed by atoms with van der Waals surface area (Å²) in [6.45, 7) is 12.3. The number of hydrogen-bond acceptors (Lipinski definition) is 8. The summed E-state index contributed by atoms with van der Waals surface area (Å²) in [4.78, 5) is 19.0. The number of hydrogen-bond donors (Lipinski definition) is 2. The first-order chi connectivity index (χ1) is 15.4. The normalized spacial score (nSPS) is 22.2. The summed E-state index contributed by atoms with van der Waals surface area (Å²) in [6, 6.07) is 4.81. The zero-order chi connectivity index (χ0) is 22.3. The molecule has 0 bridgehead atoms. The van der Waals surface area contributed by atoms with Crippen LogP contribution in [0.1, 0.15) is 32.3 Å². The van der Waals surface area contributed by atoms with E-state index in [1.165, 1.54) is 11.3 Å². The lowest BCUT2D eigenvalue weighted by Gasteiger charge is -2.50. The first kappa shape index (κ1) is 21.2. The molecule has 3 N–H and O–H groups in total. The summed E-state index contributed by atoms with van der Waals surface area (Å²) < 4.78 is 5.46. The lowest BCUT2D eigenvalue weighted by Crippen LogP contribution is -2.64. The number of aromatic nitrogens is 2. The van der Waals surface area contributed by atoms with Crippen LogP contribution in [0.25, 0.3) is 10.9 Å². The number of nitrogens with zero attached hydrogens (tertiary/aromatic N) is 5. The van der Waals surface area contributed by atoms with Gasteiger partial charge in [0, 0.05) is 49.6 Å². The fourth-order valence-corrected chi connectivity index (χ4v) is 4.57. The molecule has 0 spiro atoms. The Bertz CT molecular complexity index is 1060. The van der Waals surface area contributed by atoms with Crippen LogP contribution >= 0.6 is 0 Å². The van der Waals surface area contributed by atoms with Gasteiger partial charge in [-0.2, -0.15) is 0 Å². The van der Waals surface area contributed by atoms with Crippen LogP contribution in [0.15, 0.2) is 35.2 Å². The number of anilines is 2. The van der Waals surface area contributed by atoms with E-state index in [0.29, 0.717) is 12.0 Å². The quantitative estimate of drug-likeness (QED) is 0.674. The maximum absolute atomic E-state index is 5.85. The molecule has 1 aromatic heterocycles. The minimum absolute atomic E-state index is 0.216. The second-order valence-corrected chi connectivity index (χ2v) is 9.51. The lowest BCUT2D eigenvalue weighted by molar-refractivity contribution is -0.131. The summed E-state index contributed by atoms with van der Waals surface area (Å²) in [5.74, 6) is 0.539. The predicted octanol–water partition coefficient (Wildman–Crippen LogP) is 2.68. The monoisotopic (exact) mass is 435 g/mol. The molecule has 2 aromatic rings. The van der Waals surface area contributed by atoms with E-state index in [9.17, 15) is 0 Å². The summed E-state index contributed by atoms with van der Waals surface area (Å²) in [5, 5.41) is 4.29. The van der Waals surface area contributed by atoms with Gasteiger partial charge in [0.1, 0.15) is 0 Å². The SMILES string of the molecule is CC(=NC1CC1)/C(=C\N)Nc1ncc2cc(C)c(N3CCN(C4(C)COC4)CC3)cc2n1. The van der Waals surface area contributed by atoms with Gasteiger partial charge >= 0.3 is 0 Å². The lowest BCUT2D eigenvalue weighted by atomic mass is 9.96. The highest BCUT2D eigenvalue weighted by Crippen LogP contribution is 2.30. The molecule has 0 unspecified atom stereocenters. The van der Waals surface area contributed by atoms with Gasteiger partial charge in [-0.1, -0.05) is 0 Å². The number of fused-ring (bicyclic) bond motifs is 1. The zero-order valence-electron chi connectivity index (χ0n) is 19.3. The molecule has 3 aliphatic rings. The van der Waals surface area contributed by atoms with E-state index in [1.807, 2.05) is 13.1 Å². The molecule has 3 fully saturated rings. The second-order valence-electron chi connectivity index (χ2n) is 9.51. The van der Waals surface area contributed by atoms with E-state index in [2.05, 4.69) is 51.1 Å². The smallest absolute Gasteiger partial charge is 0.227 e. The highest BCUT2D eigenvalue weighted by molar-refractivity contribution is 6.00. The fraction of sp³-hybridized carbons (Fsp3) is 0.542. The Morgan fingerprint density at radius 3 is 2.62 bits per heavy atom. The van der Waals surface area contributed by atoms with Gasteiger partial charge in [0.2, 0.25) is 5.95 Å². The van der Waals surface area contributed by atoms with Crippen LogP contribution in [-0.2, 0) is 4.74 Å². The van der Waals surface area contributed by atoms with E-state index in [-0.39, 0.29) is 5.54 Å². The molecule has 1 saturated carbocycles. The Kier molecular flexibility index (Phi) is 5.51. The third-order valence-electron chi connectivity index (χ3n) is 6.83. The Hall–Kier alpha value is -2.71. The Morgan fingerprint density at radius 1 is 1.25 bits per heavy atom. The number of nitrogens with two attached hydrogens (primary N) is 1. The standard InChI is InChI=1S/C24H33N7O/c1-16-10-18-13-26-23(29-21(12-25)17(2)27-19-4-5-19)28-20(18)11-22(16)30-6-8-31(9-7-30)24(3)14-32-15-24/h10-13,19H,4-9,14-15,25H2,1-3H3,(H,26,28,29)/b21-12+,27-17?. The van der Waals surface area contributed by atoms with Crippen molar-refractivity contribution < 1.29 is 4.74 Å². The van der Waals surface area contributed by atoms with Gasteiger partial charge in [0.25, 0.3) is 0 Å². The molecule has 32 heavy (non-hydrogen) atoms. The maximum Gasteiger partial charge on any atom is 0.227 e. The third kappa shape index (κ3) is 4.17. The van der Waals surface area contributed by atoms with Crippen LogP contribution in [0.4, 0.5) is 11.6 Å². The van der Waals surface area contributed by atoms with Gasteiger partial charge in [-0.15, -0.1) is 0 Å². The van der Waals surface area contributed by atoms with Crippen molar-refractivity contribution in [3.63, 3.8) is 0 Å². The maximum atomic E-state index is 5.85. The molecule has 0 atom stereocenters. The second kappa shape index (κ2) is 8.33. The summed E-state index contributed by atoms with van der Waals surface area (Å²) in [6.07, 6.45) is 5.73. The molecule has 8 nitrogen and oxygen atoms in total. The van der Waals surface area contributed by atoms with Crippen molar-refractivity contribution in [2.24, 2.45) is 10.7 Å². The minimum Gasteiger partial charge on any atom is -0.403 e. The number of ether oxygens (including phenoxy) is 1. The van der Waals surface area contributed by atoms with Crippen molar-refractivity contribution in [3.05, 3.63) is 35.8 Å². The van der Waals surface area contributed by atoms with Crippen LogP contribution in [0.3, 0.4) is 0 Å². The zero-order valence-corrected chi connectivity index (χ0v) is 19.3. The van der Waals surface area contributed by atoms with Gasteiger partial charge in [0.05, 0.1) is 41.7 Å². The van der Waals surface area contributed by atoms with Crippen molar-refractivity contribution in [2.45, 2.75) is 45.2 Å². The van der Waals surface area contributed by atoms with Gasteiger partial charge in [-0.05, 0) is 51.3 Å². The van der Waals surface area contributed by atoms with E-state index >= 15 is 0 Å². The minimum atomic E-state index is 0.216. The Balaban J connectivity index is 1.34. The summed E-state index contributed by atoms with van der Waals surface area (Å²) in [5.41, 5.74) is 11.1. The first-order valence-corrected chi connectivity index (χ1v) is 11.5. The van der Waals surface area contributed by atoms with Gasteiger partial charge < -0.3 is 20.7 Å². The van der Waals surface area contributed by atoms with Crippen LogP contribution in [0.5, 0.6) is 0 Å². The summed E-state index contributed by atoms with van der Waals surface area (Å²) in [7, 11) is 0. The molecular weight excluding hydrogens is 402 g/mol. The van der Waals surface area contributed by atoms with E-state index in [1.54, 1.807) is 6.20 Å². The van der Waals surface area contributed by atoms with Crippen LogP contribution in [-0.4, -0.2) is 71.6 Å². The Morgan fingerprint density at radius 2 is 2.00 bits per heavy atom. The van der Waals surface area contributed by atoms with Crippen molar-refractivity contribution in [1.29, 1.82) is 0 Å². The van der Waals surface area contributed by atoms with Crippen molar-refractivity contribution in [2.75, 3.05) is 49.6 Å². The van der Waals surface area contributed by atoms with Crippen LogP contribution in [0, 0.1) is 6.92 Å². The van der Waals surface area contributed by atoms with Crippen molar-refractivity contribution >= 4 is 28.3 Å². The molecule has 8 heteroatoms. The molecule has 5 rings (SSSR count). The Labute approximate surface area is 189 Å². The van der Waals surface area contributed by atoms with Gasteiger partial charge in [-0.3, -0.25) is 9.89 Å². The number of aryl methyl sites for hydroxylation is 1. The highest BCUT2D eigenvalue weighted by Gasteiger charge is 2.40. The topological polar surface area (TPSA) is 91.9 Å². The van der Waals surface area contributed by atoms with Crippen LogP contribution < -0.4 is 16.0 Å². The number of nitrogens with one attached hydrogen (secondary N) is 1. The molecule has 2 saturated heterocycles. The summed E-state index contributed by atoms with van der Waals surface area (Å²) >= 11 is 0. The van der Waals surface area contributed by atoms with E-state index in [0.717, 1.165) is 74.5 Å². The number of allylic oxidation sites excluding steroid dienone is 1. The predicted molar refractivity (Wildman–Crippen MR) is 129 cm³/mol. The average Bonchev–Trinajstić information content (AvgIpc) is 3.59. The molecular formula is C24H33N7O. The molecule has 2 aliphatic heterocycles. The highest BCUT2D eigenvalue weighted by atomic mass is 16.5. The first-order valence-electron chi connectivity index (χ1n) is 11.5. The van der Waals surface area contributed by atoms with E-state index < -0.39 is 0 Å². The molecule has 1 aliphatic carbocycles. The number of benzene rings is 1. The van der Waals surface area contributed by atoms with Gasteiger partial charge in [0.15, 0.2) is 0 Å². The third-order valence-corrected chi connectivity index (χ3v) is 6.83. The van der Waals surface area contributed by atoms with E-state index in [4.69, 9.17) is 15.5 Å². The number of aliphatic imine (C=N–C) groups is 1. The largest absolute Gasteiger partial charge is 0.403 e. The van der Waals surface area contributed by atoms with Crippen LogP contribution in [0.2, 0.25) is 0 Å².